The first-order valence-corrected chi connectivity index (χ1v) is 10.6. The van der Waals surface area contributed by atoms with Gasteiger partial charge in [0.2, 0.25) is 5.71 Å². The van der Waals surface area contributed by atoms with E-state index in [2.05, 4.69) is 20.6 Å². The van der Waals surface area contributed by atoms with Gasteiger partial charge in [-0.3, -0.25) is 4.79 Å². The van der Waals surface area contributed by atoms with E-state index in [1.165, 1.54) is 13.4 Å². The number of amides is 1. The zero-order valence-corrected chi connectivity index (χ0v) is 18.6. The lowest BCUT2D eigenvalue weighted by Gasteiger charge is -2.09. The van der Waals surface area contributed by atoms with Gasteiger partial charge >= 0.3 is 5.97 Å². The number of rotatable bonds is 5. The highest BCUT2D eigenvalue weighted by Gasteiger charge is 2.16. The fourth-order valence-corrected chi connectivity index (χ4v) is 3.79. The highest BCUT2D eigenvalue weighted by Crippen LogP contribution is 2.34. The van der Waals surface area contributed by atoms with Crippen molar-refractivity contribution in [2.45, 2.75) is 0 Å². The number of hydrogen-bond donors (Lipinski definition) is 2. The highest BCUT2D eigenvalue weighted by molar-refractivity contribution is 6.34. The molecule has 2 N–H and O–H groups in total. The van der Waals surface area contributed by atoms with Gasteiger partial charge in [0.15, 0.2) is 0 Å². The fourth-order valence-electron chi connectivity index (χ4n) is 3.57. The summed E-state index contributed by atoms with van der Waals surface area (Å²) in [6.45, 7) is 0. The molecule has 0 aliphatic heterocycles. The van der Waals surface area contributed by atoms with Crippen LogP contribution in [0.4, 0.5) is 17.2 Å². The Bertz CT molecular complexity index is 1550. The molecule has 168 valence electrons. The van der Waals surface area contributed by atoms with E-state index in [0.717, 1.165) is 5.69 Å². The van der Waals surface area contributed by atoms with Crippen molar-refractivity contribution in [2.24, 2.45) is 0 Å². The third kappa shape index (κ3) is 4.02. The number of halogens is 1. The Balaban J connectivity index is 1.42. The number of carbonyl (C=O) groups is 2. The minimum Gasteiger partial charge on any atom is -0.465 e. The van der Waals surface area contributed by atoms with Gasteiger partial charge in [-0.15, -0.1) is 0 Å². The maximum absolute atomic E-state index is 12.5. The van der Waals surface area contributed by atoms with Crippen molar-refractivity contribution >= 4 is 62.7 Å². The van der Waals surface area contributed by atoms with E-state index in [0.29, 0.717) is 49.7 Å². The number of anilines is 3. The quantitative estimate of drug-likeness (QED) is 0.311. The number of nitrogens with one attached hydrogen (secondary N) is 2. The molecule has 3 aromatic carbocycles. The van der Waals surface area contributed by atoms with Crippen LogP contribution in [0.3, 0.4) is 0 Å². The van der Waals surface area contributed by atoms with Crippen LogP contribution < -0.4 is 10.6 Å². The first kappa shape index (κ1) is 21.4. The zero-order chi connectivity index (χ0) is 23.7. The molecule has 0 saturated heterocycles. The van der Waals surface area contributed by atoms with Crippen LogP contribution in [0.15, 0.2) is 77.5 Å². The van der Waals surface area contributed by atoms with Crippen molar-refractivity contribution in [2.75, 3.05) is 17.7 Å². The number of ether oxygens (including phenoxy) is 1. The summed E-state index contributed by atoms with van der Waals surface area (Å²) >= 11 is 6.10. The van der Waals surface area contributed by atoms with E-state index in [-0.39, 0.29) is 5.91 Å². The summed E-state index contributed by atoms with van der Waals surface area (Å²) in [6, 6.07) is 19.0. The molecule has 5 rings (SSSR count). The molecule has 0 unspecified atom stereocenters. The van der Waals surface area contributed by atoms with Crippen LogP contribution in [0.2, 0.25) is 5.02 Å². The predicted octanol–water partition coefficient (Wildman–Crippen LogP) is 5.81. The van der Waals surface area contributed by atoms with Gasteiger partial charge in [0, 0.05) is 16.8 Å². The molecular weight excluding hydrogens is 456 g/mol. The van der Waals surface area contributed by atoms with Gasteiger partial charge in [0.1, 0.15) is 17.7 Å². The van der Waals surface area contributed by atoms with E-state index in [1.54, 1.807) is 66.7 Å². The lowest BCUT2D eigenvalue weighted by atomic mass is 10.1. The first-order chi connectivity index (χ1) is 16.5. The molecule has 0 spiro atoms. The van der Waals surface area contributed by atoms with Crippen LogP contribution in [0.1, 0.15) is 20.7 Å². The molecule has 2 heterocycles. The van der Waals surface area contributed by atoms with Crippen LogP contribution in [-0.4, -0.2) is 29.0 Å². The molecule has 0 atom stereocenters. The second kappa shape index (κ2) is 8.84. The molecular formula is C25H17ClN4O4. The molecule has 8 nitrogen and oxygen atoms in total. The normalized spacial score (nSPS) is 10.9. The number of nitrogens with zero attached hydrogens (tertiary/aromatic N) is 2. The second-order valence-corrected chi connectivity index (χ2v) is 7.75. The van der Waals surface area contributed by atoms with Crippen molar-refractivity contribution in [3.05, 3.63) is 89.2 Å². The molecule has 5 aromatic rings. The van der Waals surface area contributed by atoms with E-state index in [9.17, 15) is 9.59 Å². The monoisotopic (exact) mass is 472 g/mol. The number of furan rings is 1. The van der Waals surface area contributed by atoms with E-state index >= 15 is 0 Å². The summed E-state index contributed by atoms with van der Waals surface area (Å²) in [7, 11) is 1.33. The molecule has 1 amide bonds. The third-order valence-corrected chi connectivity index (χ3v) is 5.54. The smallest absolute Gasteiger partial charge is 0.337 e. The Morgan fingerprint density at radius 1 is 0.971 bits per heavy atom. The Morgan fingerprint density at radius 2 is 1.74 bits per heavy atom. The second-order valence-electron chi connectivity index (χ2n) is 7.34. The molecule has 0 saturated carbocycles. The first-order valence-electron chi connectivity index (χ1n) is 10.2. The van der Waals surface area contributed by atoms with Gasteiger partial charge in [0.25, 0.3) is 5.91 Å². The number of methoxy groups -OCH3 is 1. The molecule has 0 bridgehead atoms. The molecule has 0 aliphatic rings. The summed E-state index contributed by atoms with van der Waals surface area (Å²) in [6.07, 6.45) is 1.40. The summed E-state index contributed by atoms with van der Waals surface area (Å²) in [5.41, 5.74) is 3.09. The largest absolute Gasteiger partial charge is 0.465 e. The number of hydrogen-bond acceptors (Lipinski definition) is 7. The molecule has 0 fully saturated rings. The van der Waals surface area contributed by atoms with Gasteiger partial charge in [-0.1, -0.05) is 23.7 Å². The lowest BCUT2D eigenvalue weighted by Crippen LogP contribution is -2.12. The maximum atomic E-state index is 12.5. The van der Waals surface area contributed by atoms with Crippen LogP contribution in [0.25, 0.3) is 22.1 Å². The van der Waals surface area contributed by atoms with Crippen molar-refractivity contribution < 1.29 is 18.7 Å². The average Bonchev–Trinajstić information content (AvgIpc) is 3.23. The maximum Gasteiger partial charge on any atom is 0.337 e. The lowest BCUT2D eigenvalue weighted by molar-refractivity contribution is 0.0601. The van der Waals surface area contributed by atoms with Gasteiger partial charge in [-0.05, 0) is 54.6 Å². The molecule has 9 heteroatoms. The van der Waals surface area contributed by atoms with E-state index in [1.807, 2.05) is 0 Å². The van der Waals surface area contributed by atoms with Gasteiger partial charge in [0.05, 0.1) is 28.6 Å². The van der Waals surface area contributed by atoms with Crippen LogP contribution >= 0.6 is 11.6 Å². The van der Waals surface area contributed by atoms with Gasteiger partial charge in [-0.25, -0.2) is 14.8 Å². The van der Waals surface area contributed by atoms with Crippen molar-refractivity contribution in [1.82, 2.24) is 9.97 Å². The van der Waals surface area contributed by atoms with Crippen molar-refractivity contribution in [1.29, 1.82) is 0 Å². The minimum atomic E-state index is -0.447. The third-order valence-electron chi connectivity index (χ3n) is 5.21. The predicted molar refractivity (Wildman–Crippen MR) is 130 cm³/mol. The zero-order valence-electron chi connectivity index (χ0n) is 17.8. The highest BCUT2D eigenvalue weighted by atomic mass is 35.5. The summed E-state index contributed by atoms with van der Waals surface area (Å²) in [5, 5.41) is 7.78. The average molecular weight is 473 g/mol. The number of fused-ring (bicyclic) bond motifs is 3. The summed E-state index contributed by atoms with van der Waals surface area (Å²) in [4.78, 5) is 33.0. The fraction of sp³-hybridized carbons (Fsp3) is 0.0400. The number of aromatic nitrogens is 2. The standard InChI is InChI=1S/C25H17ClN4O4/c1-33-25(32)14-6-11-20-18(12-14)21-22(27-13-28-24(21)34-20)29-15-7-9-16(10-8-15)30-23(31)17-4-2-3-5-19(17)26/h2-13H,1H3,(H,30,31)(H,27,28,29). The van der Waals surface area contributed by atoms with E-state index in [4.69, 9.17) is 20.8 Å². The molecule has 2 aromatic heterocycles. The molecule has 34 heavy (non-hydrogen) atoms. The number of esters is 1. The van der Waals surface area contributed by atoms with E-state index < -0.39 is 5.97 Å². The minimum absolute atomic E-state index is 0.296. The molecule has 0 aliphatic carbocycles. The number of carbonyl (C=O) groups excluding carboxylic acids is 2. The Morgan fingerprint density at radius 3 is 2.50 bits per heavy atom. The van der Waals surface area contributed by atoms with Gasteiger partial charge in [-0.2, -0.15) is 0 Å². The Hall–Kier alpha value is -4.43. The van der Waals surface area contributed by atoms with Crippen LogP contribution in [0, 0.1) is 0 Å². The Kier molecular flexibility index (Phi) is 5.57. The van der Waals surface area contributed by atoms with Crippen LogP contribution in [-0.2, 0) is 4.74 Å². The topological polar surface area (TPSA) is 106 Å². The summed E-state index contributed by atoms with van der Waals surface area (Å²) in [5.74, 6) is -0.231. The molecule has 0 radical (unpaired) electrons. The number of benzene rings is 3. The van der Waals surface area contributed by atoms with Gasteiger partial charge < -0.3 is 19.8 Å². The summed E-state index contributed by atoms with van der Waals surface area (Å²) < 4.78 is 10.6. The van der Waals surface area contributed by atoms with Crippen molar-refractivity contribution in [3.63, 3.8) is 0 Å². The van der Waals surface area contributed by atoms with Crippen LogP contribution in [0.5, 0.6) is 0 Å². The Labute approximate surface area is 198 Å². The van der Waals surface area contributed by atoms with Crippen molar-refractivity contribution in [3.8, 4) is 0 Å². The SMILES string of the molecule is COC(=O)c1ccc2oc3ncnc(Nc4ccc(NC(=O)c5ccccc5Cl)cc4)c3c2c1.